The molecule has 0 amide bonds. The molecule has 0 spiro atoms. The Labute approximate surface area is 125 Å². The molecule has 2 rings (SSSR count). The van der Waals surface area contributed by atoms with E-state index in [0.717, 1.165) is 23.7 Å². The van der Waals surface area contributed by atoms with Crippen LogP contribution in [0.5, 0.6) is 0 Å². The molecule has 4 heteroatoms. The van der Waals surface area contributed by atoms with Gasteiger partial charge in [0.1, 0.15) is 11.1 Å². The molecule has 0 saturated carbocycles. The predicted octanol–water partition coefficient (Wildman–Crippen LogP) is 3.74. The molecule has 2 atom stereocenters. The van der Waals surface area contributed by atoms with E-state index in [1.165, 1.54) is 5.56 Å². The van der Waals surface area contributed by atoms with E-state index >= 15 is 0 Å². The van der Waals surface area contributed by atoms with Crippen LogP contribution in [0.3, 0.4) is 0 Å². The Hall–Kier alpha value is -1.23. The maximum Gasteiger partial charge on any atom is 0.121 e. The molecule has 0 aliphatic rings. The van der Waals surface area contributed by atoms with Crippen LogP contribution in [0.4, 0.5) is 0 Å². The quantitative estimate of drug-likeness (QED) is 0.843. The van der Waals surface area contributed by atoms with E-state index in [1.54, 1.807) is 18.4 Å². The summed E-state index contributed by atoms with van der Waals surface area (Å²) in [5.74, 6) is 0. The molecule has 1 N–H and O–H groups in total. The number of hydrogen-bond acceptors (Lipinski definition) is 4. The molecule has 1 heterocycles. The Morgan fingerprint density at radius 3 is 2.70 bits per heavy atom. The number of benzene rings is 1. The Morgan fingerprint density at radius 2 is 2.05 bits per heavy atom. The summed E-state index contributed by atoms with van der Waals surface area (Å²) in [6.07, 6.45) is 0.980. The summed E-state index contributed by atoms with van der Waals surface area (Å²) in [5, 5.41) is 6.72. The van der Waals surface area contributed by atoms with Gasteiger partial charge in [0.25, 0.3) is 0 Å². The van der Waals surface area contributed by atoms with Crippen LogP contribution >= 0.6 is 11.3 Å². The predicted molar refractivity (Wildman–Crippen MR) is 84.1 cm³/mol. The van der Waals surface area contributed by atoms with Gasteiger partial charge in [-0.25, -0.2) is 4.98 Å². The molecule has 108 valence electrons. The first-order valence-corrected chi connectivity index (χ1v) is 7.88. The molecule has 2 aromatic rings. The second kappa shape index (κ2) is 7.53. The van der Waals surface area contributed by atoms with E-state index in [1.807, 2.05) is 13.0 Å². The number of aromatic nitrogens is 1. The van der Waals surface area contributed by atoms with Crippen molar-refractivity contribution in [2.45, 2.75) is 32.4 Å². The second-order valence-electron chi connectivity index (χ2n) is 4.78. The molecule has 0 aliphatic heterocycles. The van der Waals surface area contributed by atoms with Crippen LogP contribution < -0.4 is 5.32 Å². The van der Waals surface area contributed by atoms with Crippen LogP contribution in [0.15, 0.2) is 35.7 Å². The Kier molecular flexibility index (Phi) is 5.71. The second-order valence-corrected chi connectivity index (χ2v) is 5.67. The Balaban J connectivity index is 2.10. The van der Waals surface area contributed by atoms with Crippen LogP contribution in [-0.4, -0.2) is 18.6 Å². The lowest BCUT2D eigenvalue weighted by molar-refractivity contribution is 0.119. The molecule has 0 radical (unpaired) electrons. The average molecular weight is 290 g/mol. The van der Waals surface area contributed by atoms with Gasteiger partial charge in [-0.3, -0.25) is 0 Å². The SMILES string of the molecule is CCNC(Cc1csc(C(C)OC)n1)c1ccccc1. The fraction of sp³-hybridized carbons (Fsp3) is 0.438. The number of nitrogens with zero attached hydrogens (tertiary/aromatic N) is 1. The van der Waals surface area contributed by atoms with Gasteiger partial charge in [-0.15, -0.1) is 11.3 Å². The summed E-state index contributed by atoms with van der Waals surface area (Å²) in [4.78, 5) is 4.68. The lowest BCUT2D eigenvalue weighted by Crippen LogP contribution is -2.23. The smallest absolute Gasteiger partial charge is 0.121 e. The van der Waals surface area contributed by atoms with Crippen LogP contribution in [0, 0.1) is 0 Å². The average Bonchev–Trinajstić information content (AvgIpc) is 2.95. The van der Waals surface area contributed by atoms with Gasteiger partial charge in [-0.05, 0) is 19.0 Å². The van der Waals surface area contributed by atoms with Crippen molar-refractivity contribution in [1.29, 1.82) is 0 Å². The molecule has 2 unspecified atom stereocenters. The van der Waals surface area contributed by atoms with E-state index in [4.69, 9.17) is 4.74 Å². The first-order valence-electron chi connectivity index (χ1n) is 7.00. The Bertz CT molecular complexity index is 512. The number of ether oxygens (including phenoxy) is 1. The molecule has 3 nitrogen and oxygen atoms in total. The summed E-state index contributed by atoms with van der Waals surface area (Å²) in [7, 11) is 1.72. The molecule has 20 heavy (non-hydrogen) atoms. The Morgan fingerprint density at radius 1 is 1.30 bits per heavy atom. The molecular formula is C16H22N2OS. The van der Waals surface area contributed by atoms with Gasteiger partial charge in [-0.2, -0.15) is 0 Å². The highest BCUT2D eigenvalue weighted by Gasteiger charge is 2.15. The van der Waals surface area contributed by atoms with E-state index in [9.17, 15) is 0 Å². The molecular weight excluding hydrogens is 268 g/mol. The third kappa shape index (κ3) is 3.88. The fourth-order valence-electron chi connectivity index (χ4n) is 2.15. The maximum absolute atomic E-state index is 5.32. The van der Waals surface area contributed by atoms with Gasteiger partial charge in [0.15, 0.2) is 0 Å². The molecule has 0 bridgehead atoms. The van der Waals surface area contributed by atoms with Crippen molar-refractivity contribution in [3.05, 3.63) is 52.0 Å². The summed E-state index contributed by atoms with van der Waals surface area (Å²) in [6, 6.07) is 10.9. The minimum Gasteiger partial charge on any atom is -0.375 e. The van der Waals surface area contributed by atoms with Crippen molar-refractivity contribution in [3.63, 3.8) is 0 Å². The van der Waals surface area contributed by atoms with Gasteiger partial charge in [0, 0.05) is 25.0 Å². The third-order valence-electron chi connectivity index (χ3n) is 3.34. The standard InChI is InChI=1S/C16H22N2OS/c1-4-17-15(13-8-6-5-7-9-13)10-14-11-20-16(18-14)12(2)19-3/h5-9,11-12,15,17H,4,10H2,1-3H3. The van der Waals surface area contributed by atoms with E-state index in [-0.39, 0.29) is 6.10 Å². The van der Waals surface area contributed by atoms with Crippen molar-refractivity contribution in [3.8, 4) is 0 Å². The normalized spacial score (nSPS) is 14.2. The maximum atomic E-state index is 5.32. The highest BCUT2D eigenvalue weighted by atomic mass is 32.1. The van der Waals surface area contributed by atoms with E-state index in [2.05, 4.69) is 46.9 Å². The molecule has 1 aromatic heterocycles. The van der Waals surface area contributed by atoms with E-state index in [0.29, 0.717) is 6.04 Å². The number of rotatable bonds is 7. The highest BCUT2D eigenvalue weighted by Crippen LogP contribution is 2.24. The van der Waals surface area contributed by atoms with Crippen molar-refractivity contribution in [2.24, 2.45) is 0 Å². The number of hydrogen-bond donors (Lipinski definition) is 1. The van der Waals surface area contributed by atoms with Crippen LogP contribution in [-0.2, 0) is 11.2 Å². The van der Waals surface area contributed by atoms with Crippen molar-refractivity contribution >= 4 is 11.3 Å². The topological polar surface area (TPSA) is 34.1 Å². The van der Waals surface area contributed by atoms with Gasteiger partial charge in [0.05, 0.1) is 5.69 Å². The molecule has 0 fully saturated rings. The lowest BCUT2D eigenvalue weighted by Gasteiger charge is -2.17. The zero-order chi connectivity index (χ0) is 14.4. The van der Waals surface area contributed by atoms with Crippen LogP contribution in [0.2, 0.25) is 0 Å². The van der Waals surface area contributed by atoms with Crippen LogP contribution in [0.1, 0.15) is 42.3 Å². The summed E-state index contributed by atoms with van der Waals surface area (Å²) < 4.78 is 5.32. The van der Waals surface area contributed by atoms with Gasteiger partial charge in [0.2, 0.25) is 0 Å². The first-order chi connectivity index (χ1) is 9.74. The minimum atomic E-state index is 0.0723. The summed E-state index contributed by atoms with van der Waals surface area (Å²) in [5.41, 5.74) is 2.44. The number of methoxy groups -OCH3 is 1. The largest absolute Gasteiger partial charge is 0.375 e. The first kappa shape index (κ1) is 15.2. The van der Waals surface area contributed by atoms with E-state index < -0.39 is 0 Å². The fourth-order valence-corrected chi connectivity index (χ4v) is 3.02. The zero-order valence-corrected chi connectivity index (χ0v) is 13.1. The monoisotopic (exact) mass is 290 g/mol. The molecule has 0 aliphatic carbocycles. The van der Waals surface area contributed by atoms with Gasteiger partial charge in [-0.1, -0.05) is 37.3 Å². The summed E-state index contributed by atoms with van der Waals surface area (Å²) >= 11 is 1.67. The van der Waals surface area contributed by atoms with Crippen molar-refractivity contribution in [1.82, 2.24) is 10.3 Å². The van der Waals surface area contributed by atoms with Crippen molar-refractivity contribution in [2.75, 3.05) is 13.7 Å². The van der Waals surface area contributed by atoms with Gasteiger partial charge >= 0.3 is 0 Å². The number of likely N-dealkylation sites (N-methyl/N-ethyl adjacent to an activating group) is 1. The minimum absolute atomic E-state index is 0.0723. The van der Waals surface area contributed by atoms with Crippen molar-refractivity contribution < 1.29 is 4.74 Å². The van der Waals surface area contributed by atoms with Crippen LogP contribution in [0.25, 0.3) is 0 Å². The number of thiazole rings is 1. The molecule has 0 saturated heterocycles. The number of nitrogens with one attached hydrogen (secondary N) is 1. The summed E-state index contributed by atoms with van der Waals surface area (Å²) in [6.45, 7) is 5.11. The zero-order valence-electron chi connectivity index (χ0n) is 12.3. The highest BCUT2D eigenvalue weighted by molar-refractivity contribution is 7.09. The van der Waals surface area contributed by atoms with Gasteiger partial charge < -0.3 is 10.1 Å². The molecule has 1 aromatic carbocycles. The lowest BCUT2D eigenvalue weighted by atomic mass is 10.0. The third-order valence-corrected chi connectivity index (χ3v) is 4.39.